The number of carbonyl (C=O) groups excluding carboxylic acids is 1. The molecule has 9 heteroatoms. The van der Waals surface area contributed by atoms with Crippen LogP contribution in [0.15, 0.2) is 36.1 Å². The van der Waals surface area contributed by atoms with Gasteiger partial charge in [0.15, 0.2) is 0 Å². The van der Waals surface area contributed by atoms with Gasteiger partial charge in [0, 0.05) is 31.2 Å². The van der Waals surface area contributed by atoms with E-state index in [0.29, 0.717) is 29.8 Å². The lowest BCUT2D eigenvalue weighted by Crippen LogP contribution is -2.50. The van der Waals surface area contributed by atoms with Gasteiger partial charge >= 0.3 is 0 Å². The maximum atomic E-state index is 12.5. The minimum Gasteiger partial charge on any atom is -0.385 e. The molecule has 1 amide bonds. The van der Waals surface area contributed by atoms with Crippen LogP contribution in [-0.2, 0) is 5.54 Å². The summed E-state index contributed by atoms with van der Waals surface area (Å²) in [4.78, 5) is 23.8. The van der Waals surface area contributed by atoms with Crippen LogP contribution in [0, 0.1) is 0 Å². The van der Waals surface area contributed by atoms with Crippen molar-refractivity contribution in [3.05, 3.63) is 41.8 Å². The third kappa shape index (κ3) is 4.11. The third-order valence-electron chi connectivity index (χ3n) is 6.40. The Morgan fingerprint density at radius 1 is 1.25 bits per heavy atom. The van der Waals surface area contributed by atoms with Gasteiger partial charge in [-0.05, 0) is 43.9 Å². The molecule has 2 aliphatic rings. The first-order chi connectivity index (χ1) is 15.5. The number of rotatable bonds is 8. The van der Waals surface area contributed by atoms with Gasteiger partial charge in [0.05, 0.1) is 11.4 Å². The molecule has 1 fully saturated rings. The molecule has 0 atom stereocenters. The van der Waals surface area contributed by atoms with E-state index in [4.69, 9.17) is 16.5 Å². The second kappa shape index (κ2) is 9.10. The van der Waals surface area contributed by atoms with E-state index < -0.39 is 0 Å². The van der Waals surface area contributed by atoms with Crippen LogP contribution in [-0.4, -0.2) is 45.0 Å². The van der Waals surface area contributed by atoms with Gasteiger partial charge in [-0.2, -0.15) is 4.98 Å². The maximum Gasteiger partial charge on any atom is 0.268 e. The molecule has 9 nitrogen and oxygen atoms in total. The van der Waals surface area contributed by atoms with Crippen molar-refractivity contribution in [3.63, 3.8) is 0 Å². The lowest BCUT2D eigenvalue weighted by atomic mass is 9.94. The number of carbonyl (C=O) groups is 1. The van der Waals surface area contributed by atoms with Gasteiger partial charge in [-0.3, -0.25) is 4.79 Å². The predicted molar refractivity (Wildman–Crippen MR) is 127 cm³/mol. The number of nitrogens with two attached hydrogens (primary N) is 2. The van der Waals surface area contributed by atoms with Crippen molar-refractivity contribution in [2.75, 3.05) is 25.0 Å². The molecule has 1 aliphatic heterocycles. The molecule has 172 valence electrons. The minimum absolute atomic E-state index is 0.0567. The first kappa shape index (κ1) is 22.0. The van der Waals surface area contributed by atoms with Crippen LogP contribution in [0.1, 0.15) is 62.9 Å². The summed E-state index contributed by atoms with van der Waals surface area (Å²) in [5.74, 6) is 1.43. The second-order valence-electron chi connectivity index (χ2n) is 8.78. The van der Waals surface area contributed by atoms with E-state index in [1.807, 2.05) is 12.1 Å². The topological polar surface area (TPSA) is 127 Å². The van der Waals surface area contributed by atoms with Crippen LogP contribution in [0.3, 0.4) is 0 Å². The normalized spacial score (nSPS) is 18.1. The molecule has 0 unspecified atom stereocenters. The summed E-state index contributed by atoms with van der Waals surface area (Å²) in [5.41, 5.74) is 13.7. The van der Waals surface area contributed by atoms with Gasteiger partial charge in [0.1, 0.15) is 17.2 Å². The van der Waals surface area contributed by atoms with E-state index in [2.05, 4.69) is 38.9 Å². The smallest absolute Gasteiger partial charge is 0.268 e. The fourth-order valence-electron chi connectivity index (χ4n) is 4.91. The monoisotopic (exact) mass is 438 g/mol. The average molecular weight is 439 g/mol. The highest BCUT2D eigenvalue weighted by molar-refractivity contribution is 5.99. The van der Waals surface area contributed by atoms with E-state index in [0.717, 1.165) is 62.6 Å². The standard InChI is InChI=1S/C23H34N8O/c1-3-11-30(12-4-2)19(25)8-7-18(24)28-22-26-14-16-13-17-21(32)27-15-23(9-5-6-10-23)31(17)20(16)29-22/h7-8,13-14H,3-6,9-12,15,24-25H2,1-2H3,(H,27,32)(H,26,28,29)/b18-7+,19-8+. The number of anilines is 1. The molecule has 0 saturated heterocycles. The summed E-state index contributed by atoms with van der Waals surface area (Å²) in [7, 11) is 0. The fraction of sp³-hybridized carbons (Fsp3) is 0.522. The third-order valence-corrected chi connectivity index (χ3v) is 6.40. The van der Waals surface area contributed by atoms with Crippen molar-refractivity contribution >= 4 is 22.9 Å². The Bertz CT molecular complexity index is 1040. The van der Waals surface area contributed by atoms with Gasteiger partial charge in [0.25, 0.3) is 5.91 Å². The van der Waals surface area contributed by atoms with Gasteiger partial charge in [-0.1, -0.05) is 26.7 Å². The number of amides is 1. The molecule has 1 aliphatic carbocycles. The fourth-order valence-corrected chi connectivity index (χ4v) is 4.91. The SMILES string of the molecule is CCCN(CCC)/C(N)=C/C=C(\N)Nc1ncc2cc3n(c2n1)C1(CCCC1)CNC3=O. The zero-order chi connectivity index (χ0) is 22.7. The Kier molecular flexibility index (Phi) is 6.25. The van der Waals surface area contributed by atoms with Crippen LogP contribution < -0.4 is 22.1 Å². The Morgan fingerprint density at radius 3 is 2.66 bits per heavy atom. The number of fused-ring (bicyclic) bond motifs is 4. The highest BCUT2D eigenvalue weighted by Crippen LogP contribution is 2.41. The zero-order valence-corrected chi connectivity index (χ0v) is 19.0. The molecular weight excluding hydrogens is 404 g/mol. The quantitative estimate of drug-likeness (QED) is 0.467. The molecule has 6 N–H and O–H groups in total. The van der Waals surface area contributed by atoms with Gasteiger partial charge in [-0.25, -0.2) is 4.98 Å². The van der Waals surface area contributed by atoms with Crippen molar-refractivity contribution < 1.29 is 4.79 Å². The Hall–Kier alpha value is -3.23. The van der Waals surface area contributed by atoms with Crippen LogP contribution in [0.25, 0.3) is 11.0 Å². The second-order valence-corrected chi connectivity index (χ2v) is 8.78. The molecule has 2 aromatic heterocycles. The molecule has 0 radical (unpaired) electrons. The first-order valence-electron chi connectivity index (χ1n) is 11.6. The molecule has 2 aromatic rings. The summed E-state index contributed by atoms with van der Waals surface area (Å²) in [5, 5.41) is 6.98. The number of nitrogens with one attached hydrogen (secondary N) is 2. The lowest BCUT2D eigenvalue weighted by molar-refractivity contribution is 0.0876. The number of aromatic nitrogens is 3. The molecule has 0 aromatic carbocycles. The number of nitrogens with zero attached hydrogens (tertiary/aromatic N) is 4. The van der Waals surface area contributed by atoms with Crippen molar-refractivity contribution in [3.8, 4) is 0 Å². The van der Waals surface area contributed by atoms with Crippen LogP contribution >= 0.6 is 0 Å². The average Bonchev–Trinajstić information content (AvgIpc) is 3.40. The summed E-state index contributed by atoms with van der Waals surface area (Å²) in [6, 6.07) is 1.88. The highest BCUT2D eigenvalue weighted by atomic mass is 16.2. The largest absolute Gasteiger partial charge is 0.385 e. The predicted octanol–water partition coefficient (Wildman–Crippen LogP) is 2.58. The van der Waals surface area contributed by atoms with Crippen molar-refractivity contribution in [1.29, 1.82) is 0 Å². The molecule has 4 rings (SSSR count). The summed E-state index contributed by atoms with van der Waals surface area (Å²) in [6.07, 6.45) is 11.7. The Balaban J connectivity index is 1.60. The Morgan fingerprint density at radius 2 is 1.97 bits per heavy atom. The molecule has 32 heavy (non-hydrogen) atoms. The van der Waals surface area contributed by atoms with E-state index in [-0.39, 0.29) is 11.4 Å². The molecule has 3 heterocycles. The summed E-state index contributed by atoms with van der Waals surface area (Å²) < 4.78 is 2.13. The van der Waals surface area contributed by atoms with Gasteiger partial charge in [0.2, 0.25) is 5.95 Å². The minimum atomic E-state index is -0.1000. The number of hydrogen-bond acceptors (Lipinski definition) is 7. The van der Waals surface area contributed by atoms with E-state index in [9.17, 15) is 4.79 Å². The number of hydrogen-bond donors (Lipinski definition) is 4. The van der Waals surface area contributed by atoms with E-state index in [1.54, 1.807) is 12.3 Å². The van der Waals surface area contributed by atoms with Gasteiger partial charge < -0.3 is 31.6 Å². The molecule has 1 saturated carbocycles. The maximum absolute atomic E-state index is 12.5. The highest BCUT2D eigenvalue weighted by Gasteiger charge is 2.42. The van der Waals surface area contributed by atoms with Gasteiger partial charge in [-0.15, -0.1) is 0 Å². The van der Waals surface area contributed by atoms with Crippen LogP contribution in [0.4, 0.5) is 5.95 Å². The van der Waals surface area contributed by atoms with E-state index in [1.165, 1.54) is 0 Å². The molecular formula is C23H34N8O. The number of allylic oxidation sites excluding steroid dienone is 2. The molecule has 1 spiro atoms. The lowest BCUT2D eigenvalue weighted by Gasteiger charge is -2.37. The van der Waals surface area contributed by atoms with Crippen LogP contribution in [0.2, 0.25) is 0 Å². The summed E-state index contributed by atoms with van der Waals surface area (Å²) >= 11 is 0. The first-order valence-corrected chi connectivity index (χ1v) is 11.6. The van der Waals surface area contributed by atoms with Crippen LogP contribution in [0.5, 0.6) is 0 Å². The van der Waals surface area contributed by atoms with Crippen molar-refractivity contribution in [2.24, 2.45) is 11.5 Å². The van der Waals surface area contributed by atoms with Crippen molar-refractivity contribution in [1.82, 2.24) is 24.8 Å². The Labute approximate surface area is 188 Å². The van der Waals surface area contributed by atoms with Crippen molar-refractivity contribution in [2.45, 2.75) is 57.9 Å². The summed E-state index contributed by atoms with van der Waals surface area (Å²) in [6.45, 7) is 6.73. The zero-order valence-electron chi connectivity index (χ0n) is 19.0. The molecule has 0 bridgehead atoms. The van der Waals surface area contributed by atoms with E-state index >= 15 is 0 Å².